The summed E-state index contributed by atoms with van der Waals surface area (Å²) in [6.45, 7) is 0. The van der Waals surface area contributed by atoms with Crippen molar-refractivity contribution in [2.24, 2.45) is 0 Å². The summed E-state index contributed by atoms with van der Waals surface area (Å²) in [5.41, 5.74) is 1.51. The zero-order chi connectivity index (χ0) is 9.64. The molecule has 66 valence electrons. The number of H-pyrrole nitrogens is 2. The Balaban J connectivity index is 2.07. The van der Waals surface area contributed by atoms with Crippen LogP contribution >= 0.6 is 0 Å². The van der Waals surface area contributed by atoms with Crippen LogP contribution in [0, 0.1) is 23.7 Å². The summed E-state index contributed by atoms with van der Waals surface area (Å²) >= 11 is 0. The Bertz CT molecular complexity index is 450. The molecule has 0 radical (unpaired) electrons. The summed E-state index contributed by atoms with van der Waals surface area (Å²) < 4.78 is 0. The topological polar surface area (TPSA) is 57.4 Å². The summed E-state index contributed by atoms with van der Waals surface area (Å²) in [5.74, 6) is 11.0. The molecule has 2 heterocycles. The van der Waals surface area contributed by atoms with Gasteiger partial charge in [-0.2, -0.15) is 0 Å². The van der Waals surface area contributed by atoms with Crippen LogP contribution in [0.15, 0.2) is 25.0 Å². The highest BCUT2D eigenvalue weighted by Crippen LogP contribution is 1.86. The van der Waals surface area contributed by atoms with Crippen molar-refractivity contribution in [3.63, 3.8) is 0 Å². The second-order valence-electron chi connectivity index (χ2n) is 2.43. The molecule has 2 rings (SSSR count). The standard InChI is InChI=1S/C10H6N4/c1(3-9-5-11-7-13-9)2-4-10-6-12-8-14-10/h5-8H,(H,11,13)(H,12,14). The third-order valence-corrected chi connectivity index (χ3v) is 1.45. The summed E-state index contributed by atoms with van der Waals surface area (Å²) in [4.78, 5) is 13.4. The minimum absolute atomic E-state index is 0.754. The number of rotatable bonds is 0. The highest BCUT2D eigenvalue weighted by atomic mass is 14.9. The Morgan fingerprint density at radius 3 is 1.71 bits per heavy atom. The van der Waals surface area contributed by atoms with Gasteiger partial charge >= 0.3 is 0 Å². The van der Waals surface area contributed by atoms with Gasteiger partial charge in [-0.1, -0.05) is 0 Å². The lowest BCUT2D eigenvalue weighted by molar-refractivity contribution is 1.30. The molecule has 0 aliphatic rings. The van der Waals surface area contributed by atoms with E-state index in [1.165, 1.54) is 0 Å². The maximum Gasteiger partial charge on any atom is 0.110 e. The highest BCUT2D eigenvalue weighted by Gasteiger charge is 1.83. The van der Waals surface area contributed by atoms with Crippen LogP contribution in [0.5, 0.6) is 0 Å². The van der Waals surface area contributed by atoms with Gasteiger partial charge in [0, 0.05) is 0 Å². The molecule has 0 amide bonds. The maximum atomic E-state index is 3.83. The summed E-state index contributed by atoms with van der Waals surface area (Å²) in [5, 5.41) is 0. The van der Waals surface area contributed by atoms with Gasteiger partial charge in [0.05, 0.1) is 25.0 Å². The molecule has 0 saturated heterocycles. The van der Waals surface area contributed by atoms with Crippen molar-refractivity contribution in [3.8, 4) is 23.7 Å². The highest BCUT2D eigenvalue weighted by molar-refractivity contribution is 5.38. The van der Waals surface area contributed by atoms with E-state index in [1.54, 1.807) is 25.0 Å². The maximum absolute atomic E-state index is 3.83. The van der Waals surface area contributed by atoms with Crippen molar-refractivity contribution in [2.75, 3.05) is 0 Å². The van der Waals surface area contributed by atoms with Gasteiger partial charge in [0.1, 0.15) is 11.4 Å². The van der Waals surface area contributed by atoms with Gasteiger partial charge in [0.25, 0.3) is 0 Å². The molecule has 14 heavy (non-hydrogen) atoms. The van der Waals surface area contributed by atoms with E-state index in [0.717, 1.165) is 11.4 Å². The molecule has 0 spiro atoms. The molecule has 0 atom stereocenters. The molecule has 0 saturated carbocycles. The Kier molecular flexibility index (Phi) is 2.31. The monoisotopic (exact) mass is 182 g/mol. The van der Waals surface area contributed by atoms with Crippen LogP contribution in [-0.4, -0.2) is 19.9 Å². The molecular formula is C10H6N4. The fourth-order valence-electron chi connectivity index (χ4n) is 0.846. The van der Waals surface area contributed by atoms with Gasteiger partial charge in [-0.05, 0) is 23.7 Å². The van der Waals surface area contributed by atoms with E-state index in [1.807, 2.05) is 0 Å². The number of aromatic amines is 2. The van der Waals surface area contributed by atoms with E-state index in [4.69, 9.17) is 0 Å². The predicted molar refractivity (Wildman–Crippen MR) is 50.9 cm³/mol. The van der Waals surface area contributed by atoms with Gasteiger partial charge in [0.15, 0.2) is 0 Å². The number of nitrogens with zero attached hydrogens (tertiary/aromatic N) is 2. The van der Waals surface area contributed by atoms with Crippen LogP contribution in [-0.2, 0) is 0 Å². The largest absolute Gasteiger partial charge is 0.338 e. The fourth-order valence-corrected chi connectivity index (χ4v) is 0.846. The smallest absolute Gasteiger partial charge is 0.110 e. The average Bonchev–Trinajstić information content (AvgIpc) is 2.86. The third kappa shape index (κ3) is 2.02. The first-order valence-corrected chi connectivity index (χ1v) is 3.94. The molecule has 2 aromatic heterocycles. The fraction of sp³-hybridized carbons (Fsp3) is 0. The lowest BCUT2D eigenvalue weighted by Gasteiger charge is -1.73. The van der Waals surface area contributed by atoms with Crippen LogP contribution in [0.4, 0.5) is 0 Å². The molecule has 4 nitrogen and oxygen atoms in total. The van der Waals surface area contributed by atoms with Crippen LogP contribution in [0.3, 0.4) is 0 Å². The number of nitrogens with one attached hydrogen (secondary N) is 2. The minimum atomic E-state index is 0.754. The minimum Gasteiger partial charge on any atom is -0.338 e. The molecule has 2 aromatic rings. The number of hydrogen-bond donors (Lipinski definition) is 2. The van der Waals surface area contributed by atoms with Gasteiger partial charge in [-0.25, -0.2) is 9.97 Å². The third-order valence-electron chi connectivity index (χ3n) is 1.45. The summed E-state index contributed by atoms with van der Waals surface area (Å²) in [6.07, 6.45) is 6.44. The van der Waals surface area contributed by atoms with E-state index in [0.29, 0.717) is 0 Å². The van der Waals surface area contributed by atoms with Gasteiger partial charge in [-0.15, -0.1) is 0 Å². The second-order valence-corrected chi connectivity index (χ2v) is 2.43. The van der Waals surface area contributed by atoms with Gasteiger partial charge < -0.3 is 9.97 Å². The van der Waals surface area contributed by atoms with Crippen LogP contribution in [0.25, 0.3) is 0 Å². The van der Waals surface area contributed by atoms with Gasteiger partial charge in [0.2, 0.25) is 0 Å². The molecule has 0 unspecified atom stereocenters. The molecule has 0 aliphatic heterocycles. The van der Waals surface area contributed by atoms with Crippen molar-refractivity contribution >= 4 is 0 Å². The molecule has 0 aromatic carbocycles. The molecule has 0 fully saturated rings. The quantitative estimate of drug-likeness (QED) is 0.584. The number of imidazole rings is 2. The van der Waals surface area contributed by atoms with Crippen molar-refractivity contribution in [1.82, 2.24) is 19.9 Å². The Morgan fingerprint density at radius 2 is 1.36 bits per heavy atom. The summed E-state index contributed by atoms with van der Waals surface area (Å²) in [6, 6.07) is 0. The SMILES string of the molecule is C(C#Cc1cnc[nH]1)#Cc1cnc[nH]1. The van der Waals surface area contributed by atoms with Crippen molar-refractivity contribution in [1.29, 1.82) is 0 Å². The first-order valence-electron chi connectivity index (χ1n) is 3.94. The van der Waals surface area contributed by atoms with Crippen LogP contribution < -0.4 is 0 Å². The molecule has 0 aliphatic carbocycles. The Labute approximate surface area is 80.8 Å². The van der Waals surface area contributed by atoms with Gasteiger partial charge in [-0.3, -0.25) is 0 Å². The van der Waals surface area contributed by atoms with E-state index in [2.05, 4.69) is 43.6 Å². The first-order chi connectivity index (χ1) is 6.95. The first kappa shape index (κ1) is 8.15. The summed E-state index contributed by atoms with van der Waals surface area (Å²) in [7, 11) is 0. The Hall–Kier alpha value is -2.46. The lowest BCUT2D eigenvalue weighted by atomic mass is 10.4. The zero-order valence-electron chi connectivity index (χ0n) is 7.20. The van der Waals surface area contributed by atoms with Crippen molar-refractivity contribution in [3.05, 3.63) is 36.4 Å². The van der Waals surface area contributed by atoms with Crippen LogP contribution in [0.2, 0.25) is 0 Å². The second kappa shape index (κ2) is 3.97. The molecule has 4 heteroatoms. The number of aromatic nitrogens is 4. The van der Waals surface area contributed by atoms with Crippen molar-refractivity contribution in [2.45, 2.75) is 0 Å². The predicted octanol–water partition coefficient (Wildman–Crippen LogP) is 0.536. The average molecular weight is 182 g/mol. The molecular weight excluding hydrogens is 176 g/mol. The van der Waals surface area contributed by atoms with E-state index in [-0.39, 0.29) is 0 Å². The van der Waals surface area contributed by atoms with E-state index >= 15 is 0 Å². The number of hydrogen-bond acceptors (Lipinski definition) is 2. The van der Waals surface area contributed by atoms with E-state index in [9.17, 15) is 0 Å². The van der Waals surface area contributed by atoms with E-state index < -0.39 is 0 Å². The Morgan fingerprint density at radius 1 is 0.857 bits per heavy atom. The zero-order valence-corrected chi connectivity index (χ0v) is 7.20. The van der Waals surface area contributed by atoms with Crippen molar-refractivity contribution < 1.29 is 0 Å². The molecule has 0 bridgehead atoms. The lowest BCUT2D eigenvalue weighted by Crippen LogP contribution is -1.70. The molecule has 2 N–H and O–H groups in total. The van der Waals surface area contributed by atoms with Crippen LogP contribution in [0.1, 0.15) is 11.4 Å². The normalized spacial score (nSPS) is 8.29.